The van der Waals surface area contributed by atoms with E-state index < -0.39 is 16.9 Å². The van der Waals surface area contributed by atoms with Crippen molar-refractivity contribution in [2.45, 2.75) is 19.4 Å². The lowest BCUT2D eigenvalue weighted by Gasteiger charge is -2.25. The second-order valence-electron chi connectivity index (χ2n) is 3.76. The highest BCUT2D eigenvalue weighted by atomic mass is 79.9. The van der Waals surface area contributed by atoms with Gasteiger partial charge in [0.2, 0.25) is 0 Å². The number of nitrogens with zero attached hydrogens (tertiary/aromatic N) is 2. The van der Waals surface area contributed by atoms with E-state index in [9.17, 15) is 14.9 Å². The van der Waals surface area contributed by atoms with Crippen LogP contribution in [0.15, 0.2) is 22.7 Å². The fourth-order valence-corrected chi connectivity index (χ4v) is 2.06. The van der Waals surface area contributed by atoms with Gasteiger partial charge < -0.3 is 10.0 Å². The average Bonchev–Trinajstić information content (AvgIpc) is 2.28. The summed E-state index contributed by atoms with van der Waals surface area (Å²) in [6, 6.07) is 3.66. The van der Waals surface area contributed by atoms with Gasteiger partial charge in [-0.1, -0.05) is 22.9 Å². The molecule has 1 unspecified atom stereocenters. The van der Waals surface area contributed by atoms with Gasteiger partial charge in [-0.15, -0.1) is 0 Å². The van der Waals surface area contributed by atoms with Crippen molar-refractivity contribution >= 4 is 33.3 Å². The molecule has 98 valence electrons. The number of carbonyl (C=O) groups is 1. The van der Waals surface area contributed by atoms with Crippen LogP contribution < -0.4 is 4.90 Å². The van der Waals surface area contributed by atoms with Gasteiger partial charge in [-0.2, -0.15) is 0 Å². The van der Waals surface area contributed by atoms with Crippen molar-refractivity contribution in [1.29, 1.82) is 0 Å². The van der Waals surface area contributed by atoms with Gasteiger partial charge in [-0.3, -0.25) is 10.1 Å². The highest BCUT2D eigenvalue weighted by Gasteiger charge is 2.26. The zero-order valence-electron chi connectivity index (χ0n) is 9.96. The molecule has 1 rings (SSSR count). The summed E-state index contributed by atoms with van der Waals surface area (Å²) in [4.78, 5) is 22.9. The van der Waals surface area contributed by atoms with E-state index >= 15 is 0 Å². The van der Waals surface area contributed by atoms with Crippen LogP contribution in [0.5, 0.6) is 0 Å². The van der Waals surface area contributed by atoms with Gasteiger partial charge in [0.05, 0.1) is 4.92 Å². The number of nitro benzene ring substituents is 1. The Morgan fingerprint density at radius 2 is 2.22 bits per heavy atom. The molecule has 0 aromatic heterocycles. The summed E-state index contributed by atoms with van der Waals surface area (Å²) in [6.45, 7) is 1.72. The lowest BCUT2D eigenvalue weighted by atomic mass is 10.1. The molecule has 0 amide bonds. The van der Waals surface area contributed by atoms with Crippen LogP contribution in [0.25, 0.3) is 0 Å². The molecule has 18 heavy (non-hydrogen) atoms. The van der Waals surface area contributed by atoms with Crippen LogP contribution in [0.2, 0.25) is 0 Å². The number of hydrogen-bond donors (Lipinski definition) is 1. The van der Waals surface area contributed by atoms with E-state index in [1.807, 2.05) is 0 Å². The van der Waals surface area contributed by atoms with E-state index in [0.717, 1.165) is 0 Å². The average molecular weight is 317 g/mol. The normalized spacial score (nSPS) is 11.9. The lowest BCUT2D eigenvalue weighted by Crippen LogP contribution is -2.38. The first-order valence-corrected chi connectivity index (χ1v) is 6.07. The maximum Gasteiger partial charge on any atom is 0.326 e. The van der Waals surface area contributed by atoms with Crippen LogP contribution in [0.3, 0.4) is 0 Å². The van der Waals surface area contributed by atoms with Crippen molar-refractivity contribution in [2.24, 2.45) is 0 Å². The summed E-state index contributed by atoms with van der Waals surface area (Å²) < 4.78 is 0.662. The first-order valence-electron chi connectivity index (χ1n) is 5.28. The van der Waals surface area contributed by atoms with Gasteiger partial charge in [-0.25, -0.2) is 4.79 Å². The van der Waals surface area contributed by atoms with Gasteiger partial charge in [0.15, 0.2) is 0 Å². The second kappa shape index (κ2) is 5.81. The first kappa shape index (κ1) is 14.4. The van der Waals surface area contributed by atoms with E-state index in [-0.39, 0.29) is 11.4 Å². The van der Waals surface area contributed by atoms with E-state index in [0.29, 0.717) is 10.9 Å². The number of carboxylic acid groups (broad SMARTS) is 1. The monoisotopic (exact) mass is 316 g/mol. The van der Waals surface area contributed by atoms with Gasteiger partial charge in [-0.05, 0) is 18.6 Å². The Bertz CT molecular complexity index is 478. The molecule has 0 aliphatic carbocycles. The summed E-state index contributed by atoms with van der Waals surface area (Å²) >= 11 is 3.23. The number of halogens is 1. The van der Waals surface area contributed by atoms with Gasteiger partial charge in [0, 0.05) is 17.6 Å². The number of aliphatic carboxylic acids is 1. The van der Waals surface area contributed by atoms with Crippen molar-refractivity contribution in [3.05, 3.63) is 32.8 Å². The zero-order valence-corrected chi connectivity index (χ0v) is 11.5. The molecule has 0 spiro atoms. The van der Waals surface area contributed by atoms with E-state index in [1.165, 1.54) is 18.0 Å². The Labute approximate surface area is 112 Å². The molecule has 1 aromatic rings. The Morgan fingerprint density at radius 3 is 2.67 bits per heavy atom. The minimum absolute atomic E-state index is 0.111. The molecular weight excluding hydrogens is 304 g/mol. The molecule has 1 aromatic carbocycles. The molecule has 0 saturated carbocycles. The molecule has 0 radical (unpaired) electrons. The fourth-order valence-electron chi connectivity index (χ4n) is 1.72. The number of anilines is 1. The van der Waals surface area contributed by atoms with Crippen LogP contribution in [0, 0.1) is 10.1 Å². The molecule has 0 fully saturated rings. The smallest absolute Gasteiger partial charge is 0.326 e. The number of likely N-dealkylation sites (N-methyl/N-ethyl adjacent to an activating group) is 1. The maximum absolute atomic E-state index is 11.1. The molecule has 0 bridgehead atoms. The van der Waals surface area contributed by atoms with E-state index in [4.69, 9.17) is 5.11 Å². The summed E-state index contributed by atoms with van der Waals surface area (Å²) in [5.74, 6) is -1.01. The van der Waals surface area contributed by atoms with Crippen LogP contribution >= 0.6 is 15.9 Å². The van der Waals surface area contributed by atoms with Crippen LogP contribution in [-0.4, -0.2) is 29.1 Å². The van der Waals surface area contributed by atoms with E-state index in [2.05, 4.69) is 15.9 Å². The highest BCUT2D eigenvalue weighted by Crippen LogP contribution is 2.32. The number of carboxylic acids is 1. The topological polar surface area (TPSA) is 83.7 Å². The molecular formula is C11H13BrN2O4. The Balaban J connectivity index is 3.25. The third-order valence-corrected chi connectivity index (χ3v) is 3.15. The molecule has 7 heteroatoms. The Kier molecular flexibility index (Phi) is 4.66. The van der Waals surface area contributed by atoms with Gasteiger partial charge >= 0.3 is 5.97 Å². The number of hydrogen-bond acceptors (Lipinski definition) is 4. The highest BCUT2D eigenvalue weighted by molar-refractivity contribution is 9.10. The molecule has 0 aliphatic heterocycles. The molecule has 1 N–H and O–H groups in total. The quantitative estimate of drug-likeness (QED) is 0.667. The number of rotatable bonds is 5. The summed E-state index contributed by atoms with van der Waals surface area (Å²) in [5.41, 5.74) is 0.170. The Morgan fingerprint density at radius 1 is 1.61 bits per heavy atom. The standard InChI is InChI=1S/C11H13BrN2O4/c1-3-8(11(15)16)13(2)10-6-7(12)4-5-9(10)14(17)18/h4-6,8H,3H2,1-2H3,(H,15,16). The van der Waals surface area contributed by atoms with Gasteiger partial charge in [0.1, 0.15) is 11.7 Å². The van der Waals surface area contributed by atoms with Crippen molar-refractivity contribution < 1.29 is 14.8 Å². The molecule has 0 heterocycles. The Hall–Kier alpha value is -1.63. The minimum Gasteiger partial charge on any atom is -0.480 e. The lowest BCUT2D eigenvalue weighted by molar-refractivity contribution is -0.384. The summed E-state index contributed by atoms with van der Waals surface area (Å²) in [7, 11) is 1.54. The third-order valence-electron chi connectivity index (χ3n) is 2.65. The van der Waals surface area contributed by atoms with Crippen LogP contribution in [0.1, 0.15) is 13.3 Å². The van der Waals surface area contributed by atoms with Crippen LogP contribution in [-0.2, 0) is 4.79 Å². The largest absolute Gasteiger partial charge is 0.480 e. The zero-order chi connectivity index (χ0) is 13.9. The van der Waals surface area contributed by atoms with Crippen LogP contribution in [0.4, 0.5) is 11.4 Å². The first-order chi connectivity index (χ1) is 8.38. The summed E-state index contributed by atoms with van der Waals surface area (Å²) in [5, 5.41) is 20.0. The molecule has 0 saturated heterocycles. The number of nitro groups is 1. The predicted molar refractivity (Wildman–Crippen MR) is 70.9 cm³/mol. The molecule has 1 atom stereocenters. The second-order valence-corrected chi connectivity index (χ2v) is 4.68. The predicted octanol–water partition coefficient (Wildman–Crippen LogP) is 2.66. The summed E-state index contributed by atoms with van der Waals surface area (Å²) in [6.07, 6.45) is 0.357. The third kappa shape index (κ3) is 2.98. The van der Waals surface area contributed by atoms with Crippen molar-refractivity contribution in [1.82, 2.24) is 0 Å². The maximum atomic E-state index is 11.1. The molecule has 0 aliphatic rings. The fraction of sp³-hybridized carbons (Fsp3) is 0.364. The van der Waals surface area contributed by atoms with Crippen molar-refractivity contribution in [3.8, 4) is 0 Å². The number of benzene rings is 1. The molecule has 6 nitrogen and oxygen atoms in total. The van der Waals surface area contributed by atoms with Crippen molar-refractivity contribution in [3.63, 3.8) is 0 Å². The SMILES string of the molecule is CCC(C(=O)O)N(C)c1cc(Br)ccc1[N+](=O)[O-]. The van der Waals surface area contributed by atoms with E-state index in [1.54, 1.807) is 19.1 Å². The minimum atomic E-state index is -1.01. The van der Waals surface area contributed by atoms with Crippen molar-refractivity contribution in [2.75, 3.05) is 11.9 Å². The van der Waals surface area contributed by atoms with Gasteiger partial charge in [0.25, 0.3) is 5.69 Å².